The summed E-state index contributed by atoms with van der Waals surface area (Å²) in [6.07, 6.45) is 1.09. The molecule has 0 aliphatic carbocycles. The third kappa shape index (κ3) is 1.55. The standard InChI is InChI=1S/C12H13N/c1-3-10-5-7-12-11(8-10)6-4-9(2)13-12/h4-8H,3H2,1-2H3. The van der Waals surface area contributed by atoms with Crippen LogP contribution >= 0.6 is 0 Å². The van der Waals surface area contributed by atoms with Gasteiger partial charge in [-0.1, -0.05) is 19.1 Å². The fourth-order valence-electron chi connectivity index (χ4n) is 1.50. The van der Waals surface area contributed by atoms with E-state index >= 15 is 0 Å². The van der Waals surface area contributed by atoms with Gasteiger partial charge < -0.3 is 0 Å². The van der Waals surface area contributed by atoms with Crippen molar-refractivity contribution in [3.8, 4) is 0 Å². The number of hydrogen-bond acceptors (Lipinski definition) is 1. The van der Waals surface area contributed by atoms with Crippen LogP contribution in [-0.4, -0.2) is 4.98 Å². The number of aryl methyl sites for hydroxylation is 2. The molecule has 0 atom stereocenters. The fourth-order valence-corrected chi connectivity index (χ4v) is 1.50. The fraction of sp³-hybridized carbons (Fsp3) is 0.250. The molecule has 0 spiro atoms. The molecule has 2 aromatic rings. The Morgan fingerprint density at radius 1 is 1.15 bits per heavy atom. The number of pyridine rings is 1. The molecule has 0 saturated heterocycles. The van der Waals surface area contributed by atoms with Crippen LogP contribution in [0.1, 0.15) is 18.2 Å². The summed E-state index contributed by atoms with van der Waals surface area (Å²) < 4.78 is 0. The first-order valence-corrected chi connectivity index (χ1v) is 4.66. The number of benzene rings is 1. The molecule has 1 heterocycles. The molecule has 2 rings (SSSR count). The van der Waals surface area contributed by atoms with E-state index in [4.69, 9.17) is 0 Å². The topological polar surface area (TPSA) is 12.9 Å². The lowest BCUT2D eigenvalue weighted by Gasteiger charge is -2.01. The zero-order valence-corrected chi connectivity index (χ0v) is 8.04. The predicted octanol–water partition coefficient (Wildman–Crippen LogP) is 3.11. The lowest BCUT2D eigenvalue weighted by Crippen LogP contribution is -1.85. The van der Waals surface area contributed by atoms with Crippen LogP contribution in [0.2, 0.25) is 0 Å². The van der Waals surface area contributed by atoms with Crippen LogP contribution in [0.4, 0.5) is 0 Å². The van der Waals surface area contributed by atoms with Crippen LogP contribution in [0.15, 0.2) is 30.3 Å². The molecule has 13 heavy (non-hydrogen) atoms. The Morgan fingerprint density at radius 3 is 2.77 bits per heavy atom. The van der Waals surface area contributed by atoms with E-state index in [1.54, 1.807) is 0 Å². The van der Waals surface area contributed by atoms with Gasteiger partial charge in [0.15, 0.2) is 0 Å². The van der Waals surface area contributed by atoms with Gasteiger partial charge in [0.2, 0.25) is 0 Å². The second-order valence-electron chi connectivity index (χ2n) is 3.33. The minimum Gasteiger partial charge on any atom is -0.253 e. The molecule has 66 valence electrons. The summed E-state index contributed by atoms with van der Waals surface area (Å²) in [7, 11) is 0. The molecule has 1 aromatic carbocycles. The second-order valence-corrected chi connectivity index (χ2v) is 3.33. The van der Waals surface area contributed by atoms with Gasteiger partial charge in [-0.15, -0.1) is 0 Å². The van der Waals surface area contributed by atoms with Gasteiger partial charge in [-0.3, -0.25) is 4.98 Å². The van der Waals surface area contributed by atoms with Crippen molar-refractivity contribution in [2.45, 2.75) is 20.3 Å². The van der Waals surface area contributed by atoms with Crippen molar-refractivity contribution in [1.82, 2.24) is 4.98 Å². The maximum Gasteiger partial charge on any atom is 0.0705 e. The summed E-state index contributed by atoms with van der Waals surface area (Å²) in [5.74, 6) is 0. The highest BCUT2D eigenvalue weighted by molar-refractivity contribution is 5.79. The van der Waals surface area contributed by atoms with Crippen LogP contribution < -0.4 is 0 Å². The van der Waals surface area contributed by atoms with Gasteiger partial charge in [0.05, 0.1) is 5.52 Å². The van der Waals surface area contributed by atoms with Crippen molar-refractivity contribution in [2.24, 2.45) is 0 Å². The molecular weight excluding hydrogens is 158 g/mol. The number of aromatic nitrogens is 1. The van der Waals surface area contributed by atoms with Crippen molar-refractivity contribution >= 4 is 10.9 Å². The Labute approximate surface area is 78.4 Å². The molecule has 0 amide bonds. The molecule has 0 aliphatic rings. The van der Waals surface area contributed by atoms with E-state index in [1.165, 1.54) is 10.9 Å². The van der Waals surface area contributed by atoms with Crippen molar-refractivity contribution < 1.29 is 0 Å². The van der Waals surface area contributed by atoms with Gasteiger partial charge >= 0.3 is 0 Å². The van der Waals surface area contributed by atoms with Crippen molar-refractivity contribution in [3.63, 3.8) is 0 Å². The van der Waals surface area contributed by atoms with Gasteiger partial charge in [0.25, 0.3) is 0 Å². The van der Waals surface area contributed by atoms with Crippen LogP contribution in [0.25, 0.3) is 10.9 Å². The average molecular weight is 171 g/mol. The van der Waals surface area contributed by atoms with Gasteiger partial charge in [-0.2, -0.15) is 0 Å². The summed E-state index contributed by atoms with van der Waals surface area (Å²) in [5.41, 5.74) is 3.55. The van der Waals surface area contributed by atoms with Crippen LogP contribution in [0, 0.1) is 6.92 Å². The SMILES string of the molecule is CCc1ccc2nc(C)ccc2c1. The molecular formula is C12H13N. The minimum atomic E-state index is 1.08. The maximum absolute atomic E-state index is 4.45. The molecule has 1 aromatic heterocycles. The van der Waals surface area contributed by atoms with E-state index in [9.17, 15) is 0 Å². The van der Waals surface area contributed by atoms with E-state index in [1.807, 2.05) is 6.92 Å². The van der Waals surface area contributed by atoms with E-state index in [0.717, 1.165) is 17.6 Å². The summed E-state index contributed by atoms with van der Waals surface area (Å²) >= 11 is 0. The lowest BCUT2D eigenvalue weighted by atomic mass is 10.1. The highest BCUT2D eigenvalue weighted by Gasteiger charge is 1.95. The lowest BCUT2D eigenvalue weighted by molar-refractivity contribution is 1.14. The van der Waals surface area contributed by atoms with Crippen LogP contribution in [0.3, 0.4) is 0 Å². The van der Waals surface area contributed by atoms with Crippen molar-refractivity contribution in [1.29, 1.82) is 0 Å². The number of hydrogen-bond donors (Lipinski definition) is 0. The Kier molecular flexibility index (Phi) is 2.01. The normalized spacial score (nSPS) is 10.6. The summed E-state index contributed by atoms with van der Waals surface area (Å²) in [5, 5.41) is 1.24. The number of nitrogens with zero attached hydrogens (tertiary/aromatic N) is 1. The molecule has 1 nitrogen and oxygen atoms in total. The van der Waals surface area contributed by atoms with E-state index < -0.39 is 0 Å². The highest BCUT2D eigenvalue weighted by Crippen LogP contribution is 2.14. The largest absolute Gasteiger partial charge is 0.253 e. The third-order valence-corrected chi connectivity index (χ3v) is 2.30. The van der Waals surface area contributed by atoms with Gasteiger partial charge in [0, 0.05) is 11.1 Å². The molecule has 1 heteroatoms. The molecule has 0 bridgehead atoms. The molecule has 0 N–H and O–H groups in total. The maximum atomic E-state index is 4.45. The quantitative estimate of drug-likeness (QED) is 0.642. The molecule has 0 aliphatic heterocycles. The number of rotatable bonds is 1. The highest BCUT2D eigenvalue weighted by atomic mass is 14.7. The summed E-state index contributed by atoms with van der Waals surface area (Å²) in [4.78, 5) is 4.45. The monoisotopic (exact) mass is 171 g/mol. The number of fused-ring (bicyclic) bond motifs is 1. The van der Waals surface area contributed by atoms with Gasteiger partial charge in [0.1, 0.15) is 0 Å². The third-order valence-electron chi connectivity index (χ3n) is 2.30. The summed E-state index contributed by atoms with van der Waals surface area (Å²) in [6.45, 7) is 4.19. The smallest absolute Gasteiger partial charge is 0.0705 e. The average Bonchev–Trinajstić information content (AvgIpc) is 2.17. The zero-order chi connectivity index (χ0) is 9.26. The Balaban J connectivity index is 2.66. The van der Waals surface area contributed by atoms with E-state index in [0.29, 0.717) is 0 Å². The van der Waals surface area contributed by atoms with Crippen molar-refractivity contribution in [2.75, 3.05) is 0 Å². The van der Waals surface area contributed by atoms with Crippen LogP contribution in [0.5, 0.6) is 0 Å². The first kappa shape index (κ1) is 8.24. The molecule has 0 unspecified atom stereocenters. The molecule has 0 saturated carbocycles. The van der Waals surface area contributed by atoms with Gasteiger partial charge in [-0.05, 0) is 37.1 Å². The van der Waals surface area contributed by atoms with Gasteiger partial charge in [-0.25, -0.2) is 0 Å². The Hall–Kier alpha value is -1.37. The minimum absolute atomic E-state index is 1.08. The van der Waals surface area contributed by atoms with E-state index in [2.05, 4.69) is 42.2 Å². The first-order valence-electron chi connectivity index (χ1n) is 4.66. The van der Waals surface area contributed by atoms with Crippen LogP contribution in [-0.2, 0) is 6.42 Å². The van der Waals surface area contributed by atoms with E-state index in [-0.39, 0.29) is 0 Å². The molecule has 0 radical (unpaired) electrons. The Morgan fingerprint density at radius 2 is 2.00 bits per heavy atom. The Bertz CT molecular complexity index is 432. The molecule has 0 fully saturated rings. The van der Waals surface area contributed by atoms with Crippen molar-refractivity contribution in [3.05, 3.63) is 41.6 Å². The predicted molar refractivity (Wildman–Crippen MR) is 55.9 cm³/mol. The first-order chi connectivity index (χ1) is 6.29. The summed E-state index contributed by atoms with van der Waals surface area (Å²) in [6, 6.07) is 10.6. The second kappa shape index (κ2) is 3.17. The zero-order valence-electron chi connectivity index (χ0n) is 8.04.